The Kier molecular flexibility index (Phi) is 5.95. The van der Waals surface area contributed by atoms with Crippen molar-refractivity contribution < 1.29 is 5.11 Å². The zero-order valence-corrected chi connectivity index (χ0v) is 11.8. The number of nitrogens with one attached hydrogen (secondary N) is 1. The lowest BCUT2D eigenvalue weighted by Gasteiger charge is -2.19. The standard InChI is InChI=1S/C13H22N2OS/c1-5-14-9(2)12-7-6-8-15-13(12)17-11(4)10(3)16/h6-11,14,16H,5H2,1-4H3. The second-order valence-corrected chi connectivity index (χ2v) is 5.61. The van der Waals surface area contributed by atoms with Gasteiger partial charge in [-0.1, -0.05) is 19.9 Å². The van der Waals surface area contributed by atoms with Crippen molar-refractivity contribution in [1.29, 1.82) is 0 Å². The summed E-state index contributed by atoms with van der Waals surface area (Å²) in [7, 11) is 0. The largest absolute Gasteiger partial charge is 0.392 e. The maximum absolute atomic E-state index is 9.55. The van der Waals surface area contributed by atoms with Crippen molar-refractivity contribution in [3.05, 3.63) is 23.9 Å². The first kappa shape index (κ1) is 14.5. The average molecular weight is 254 g/mol. The number of aliphatic hydroxyl groups excluding tert-OH is 1. The smallest absolute Gasteiger partial charge is 0.101 e. The summed E-state index contributed by atoms with van der Waals surface area (Å²) in [5.41, 5.74) is 1.20. The Hall–Kier alpha value is -0.580. The lowest BCUT2D eigenvalue weighted by Crippen LogP contribution is -2.20. The molecule has 0 amide bonds. The minimum absolute atomic E-state index is 0.150. The van der Waals surface area contributed by atoms with Crippen LogP contribution in [0.15, 0.2) is 23.4 Å². The van der Waals surface area contributed by atoms with E-state index in [1.807, 2.05) is 19.9 Å². The van der Waals surface area contributed by atoms with Gasteiger partial charge in [-0.2, -0.15) is 0 Å². The Labute approximate surface area is 108 Å². The van der Waals surface area contributed by atoms with E-state index < -0.39 is 0 Å². The zero-order chi connectivity index (χ0) is 12.8. The molecule has 1 rings (SSSR count). The van der Waals surface area contributed by atoms with Crippen LogP contribution in [0.5, 0.6) is 0 Å². The first-order chi connectivity index (χ1) is 8.06. The molecule has 0 aromatic carbocycles. The molecule has 1 aromatic heterocycles. The number of aliphatic hydroxyl groups is 1. The fourth-order valence-corrected chi connectivity index (χ4v) is 2.57. The molecule has 3 atom stereocenters. The SMILES string of the molecule is CCNC(C)c1cccnc1SC(C)C(C)O. The van der Waals surface area contributed by atoms with Gasteiger partial charge in [0.2, 0.25) is 0 Å². The summed E-state index contributed by atoms with van der Waals surface area (Å²) in [4.78, 5) is 4.42. The molecule has 0 aliphatic heterocycles. The molecule has 1 heterocycles. The van der Waals surface area contributed by atoms with Gasteiger partial charge in [-0.15, -0.1) is 11.8 Å². The van der Waals surface area contributed by atoms with Crippen LogP contribution in [0.3, 0.4) is 0 Å². The van der Waals surface area contributed by atoms with Crippen LogP contribution in [0.4, 0.5) is 0 Å². The van der Waals surface area contributed by atoms with E-state index in [4.69, 9.17) is 0 Å². The van der Waals surface area contributed by atoms with Crippen LogP contribution in [0.1, 0.15) is 39.3 Å². The maximum atomic E-state index is 9.55. The van der Waals surface area contributed by atoms with Crippen molar-refractivity contribution in [2.75, 3.05) is 6.54 Å². The highest BCUT2D eigenvalue weighted by molar-refractivity contribution is 7.99. The van der Waals surface area contributed by atoms with E-state index in [1.54, 1.807) is 18.0 Å². The quantitative estimate of drug-likeness (QED) is 0.766. The number of hydrogen-bond acceptors (Lipinski definition) is 4. The number of aromatic nitrogens is 1. The monoisotopic (exact) mass is 254 g/mol. The molecule has 0 aliphatic carbocycles. The molecule has 0 saturated heterocycles. The fourth-order valence-electron chi connectivity index (χ4n) is 1.52. The summed E-state index contributed by atoms with van der Waals surface area (Å²) in [6.07, 6.45) is 1.48. The highest BCUT2D eigenvalue weighted by Gasteiger charge is 2.16. The van der Waals surface area contributed by atoms with Crippen LogP contribution in [-0.2, 0) is 0 Å². The minimum Gasteiger partial charge on any atom is -0.392 e. The summed E-state index contributed by atoms with van der Waals surface area (Å²) in [6.45, 7) is 9.00. The van der Waals surface area contributed by atoms with Crippen molar-refractivity contribution in [3.63, 3.8) is 0 Å². The molecule has 17 heavy (non-hydrogen) atoms. The number of rotatable bonds is 6. The highest BCUT2D eigenvalue weighted by Crippen LogP contribution is 2.29. The van der Waals surface area contributed by atoms with Gasteiger partial charge in [-0.25, -0.2) is 4.98 Å². The van der Waals surface area contributed by atoms with Gasteiger partial charge in [0, 0.05) is 23.1 Å². The first-order valence-electron chi connectivity index (χ1n) is 6.09. The third kappa shape index (κ3) is 4.30. The predicted octanol–water partition coefficient (Wildman–Crippen LogP) is 2.61. The molecular weight excluding hydrogens is 232 g/mol. The molecule has 0 spiro atoms. The van der Waals surface area contributed by atoms with Crippen molar-refractivity contribution in [3.8, 4) is 0 Å². The summed E-state index contributed by atoms with van der Waals surface area (Å²) in [5, 5.41) is 14.1. The van der Waals surface area contributed by atoms with Crippen LogP contribution in [0.2, 0.25) is 0 Å². The van der Waals surface area contributed by atoms with Crippen molar-refractivity contribution in [2.24, 2.45) is 0 Å². The lowest BCUT2D eigenvalue weighted by atomic mass is 10.1. The van der Waals surface area contributed by atoms with Gasteiger partial charge in [-0.05, 0) is 26.5 Å². The van der Waals surface area contributed by atoms with E-state index in [9.17, 15) is 5.11 Å². The third-order valence-corrected chi connectivity index (χ3v) is 4.08. The van der Waals surface area contributed by atoms with Gasteiger partial charge in [0.05, 0.1) is 6.10 Å². The van der Waals surface area contributed by atoms with Crippen LogP contribution in [-0.4, -0.2) is 28.0 Å². The molecule has 3 unspecified atom stereocenters. The lowest BCUT2D eigenvalue weighted by molar-refractivity contribution is 0.196. The molecule has 96 valence electrons. The Morgan fingerprint density at radius 2 is 2.12 bits per heavy atom. The van der Waals surface area contributed by atoms with Crippen molar-refractivity contribution >= 4 is 11.8 Å². The van der Waals surface area contributed by atoms with E-state index in [2.05, 4.69) is 30.2 Å². The topological polar surface area (TPSA) is 45.2 Å². The summed E-state index contributed by atoms with van der Waals surface area (Å²) in [6, 6.07) is 4.34. The van der Waals surface area contributed by atoms with Gasteiger partial charge in [0.25, 0.3) is 0 Å². The average Bonchev–Trinajstić information content (AvgIpc) is 2.29. The van der Waals surface area contributed by atoms with E-state index >= 15 is 0 Å². The van der Waals surface area contributed by atoms with Gasteiger partial charge in [0.1, 0.15) is 5.03 Å². The first-order valence-corrected chi connectivity index (χ1v) is 6.97. The summed E-state index contributed by atoms with van der Waals surface area (Å²) >= 11 is 1.63. The fraction of sp³-hybridized carbons (Fsp3) is 0.615. The predicted molar refractivity (Wildman–Crippen MR) is 73.3 cm³/mol. The molecule has 2 N–H and O–H groups in total. The molecule has 0 fully saturated rings. The maximum Gasteiger partial charge on any atom is 0.101 e. The van der Waals surface area contributed by atoms with E-state index in [0.717, 1.165) is 11.6 Å². The zero-order valence-electron chi connectivity index (χ0n) is 11.0. The molecular formula is C13H22N2OS. The van der Waals surface area contributed by atoms with E-state index in [-0.39, 0.29) is 17.4 Å². The van der Waals surface area contributed by atoms with Crippen LogP contribution in [0, 0.1) is 0 Å². The molecule has 1 aromatic rings. The normalized spacial score (nSPS) is 16.5. The number of nitrogens with zero attached hydrogens (tertiary/aromatic N) is 1. The van der Waals surface area contributed by atoms with Crippen LogP contribution >= 0.6 is 11.8 Å². The Morgan fingerprint density at radius 1 is 1.41 bits per heavy atom. The van der Waals surface area contributed by atoms with Crippen molar-refractivity contribution in [1.82, 2.24) is 10.3 Å². The number of pyridine rings is 1. The van der Waals surface area contributed by atoms with Gasteiger partial charge >= 0.3 is 0 Å². The second kappa shape index (κ2) is 6.99. The molecule has 3 nitrogen and oxygen atoms in total. The van der Waals surface area contributed by atoms with E-state index in [1.165, 1.54) is 5.56 Å². The summed E-state index contributed by atoms with van der Waals surface area (Å²) in [5.74, 6) is 0. The molecule has 0 radical (unpaired) electrons. The Balaban J connectivity index is 2.84. The molecule has 0 bridgehead atoms. The minimum atomic E-state index is -0.329. The highest BCUT2D eigenvalue weighted by atomic mass is 32.2. The van der Waals surface area contributed by atoms with Crippen LogP contribution in [0.25, 0.3) is 0 Å². The Morgan fingerprint density at radius 3 is 2.71 bits per heavy atom. The molecule has 4 heteroatoms. The van der Waals surface area contributed by atoms with Crippen molar-refractivity contribution in [2.45, 2.75) is 50.1 Å². The third-order valence-electron chi connectivity index (χ3n) is 2.75. The van der Waals surface area contributed by atoms with Gasteiger partial charge in [0.15, 0.2) is 0 Å². The molecule has 0 saturated carbocycles. The number of thioether (sulfide) groups is 1. The molecule has 0 aliphatic rings. The second-order valence-electron chi connectivity index (χ2n) is 4.24. The van der Waals surface area contributed by atoms with Gasteiger partial charge < -0.3 is 10.4 Å². The Bertz CT molecular complexity index is 344. The van der Waals surface area contributed by atoms with Gasteiger partial charge in [-0.3, -0.25) is 0 Å². The number of hydrogen-bond donors (Lipinski definition) is 2. The van der Waals surface area contributed by atoms with Crippen LogP contribution < -0.4 is 5.32 Å². The summed E-state index contributed by atoms with van der Waals surface area (Å²) < 4.78 is 0. The van der Waals surface area contributed by atoms with E-state index in [0.29, 0.717) is 0 Å².